The lowest BCUT2D eigenvalue weighted by Gasteiger charge is -2.21. The van der Waals surface area contributed by atoms with E-state index in [1.807, 2.05) is 72.9 Å². The lowest BCUT2D eigenvalue weighted by atomic mass is 10.0. The largest absolute Gasteiger partial charge is 0.338 e. The minimum absolute atomic E-state index is 0.00702. The minimum Gasteiger partial charge on any atom is -0.338 e. The molecule has 1 aliphatic rings. The van der Waals surface area contributed by atoms with E-state index in [1.54, 1.807) is 20.0 Å². The zero-order valence-electron chi connectivity index (χ0n) is 19.8. The number of benzene rings is 2. The van der Waals surface area contributed by atoms with Crippen molar-refractivity contribution in [3.63, 3.8) is 0 Å². The molecule has 0 N–H and O–H groups in total. The van der Waals surface area contributed by atoms with Crippen LogP contribution in [0.3, 0.4) is 0 Å². The quantitative estimate of drug-likeness (QED) is 0.404. The van der Waals surface area contributed by atoms with Crippen LogP contribution in [0, 0.1) is 0 Å². The Morgan fingerprint density at radius 3 is 2.51 bits per heavy atom. The van der Waals surface area contributed by atoms with E-state index in [0.717, 1.165) is 58.1 Å². The summed E-state index contributed by atoms with van der Waals surface area (Å²) in [5.41, 5.74) is 5.02. The molecule has 1 saturated heterocycles. The third kappa shape index (κ3) is 3.44. The Hall–Kier alpha value is -4.20. The van der Waals surface area contributed by atoms with Crippen LogP contribution in [-0.2, 0) is 18.4 Å². The Kier molecular flexibility index (Phi) is 5.02. The summed E-state index contributed by atoms with van der Waals surface area (Å²) < 4.78 is 5.08. The van der Waals surface area contributed by atoms with E-state index in [4.69, 9.17) is 0 Å². The molecular formula is C27H26N6O2. The number of likely N-dealkylation sites (tertiary alicyclic amines) is 1. The van der Waals surface area contributed by atoms with Crippen molar-refractivity contribution >= 4 is 27.8 Å². The number of nitrogens with zero attached hydrogens (tertiary/aromatic N) is 6. The highest BCUT2D eigenvalue weighted by Gasteiger charge is 2.26. The van der Waals surface area contributed by atoms with Crippen LogP contribution in [0.1, 0.15) is 19.8 Å². The van der Waals surface area contributed by atoms with Gasteiger partial charge in [0.25, 0.3) is 0 Å². The zero-order chi connectivity index (χ0) is 24.1. The van der Waals surface area contributed by atoms with Gasteiger partial charge in [-0.3, -0.25) is 23.6 Å². The molecule has 0 bridgehead atoms. The molecule has 8 nitrogen and oxygen atoms in total. The number of hydrogen-bond acceptors (Lipinski definition) is 4. The first kappa shape index (κ1) is 21.3. The highest BCUT2D eigenvalue weighted by atomic mass is 16.2. The number of rotatable bonds is 4. The molecule has 8 heteroatoms. The summed E-state index contributed by atoms with van der Waals surface area (Å²) in [6.45, 7) is 2.87. The molecule has 1 amide bonds. The summed E-state index contributed by atoms with van der Waals surface area (Å²) in [5.74, 6) is -0.00702. The minimum atomic E-state index is -0.213. The second kappa shape index (κ2) is 8.23. The van der Waals surface area contributed by atoms with Crippen LogP contribution in [-0.4, -0.2) is 47.3 Å². The first-order valence-corrected chi connectivity index (χ1v) is 11.9. The SMILES string of the molecule is C[C@@H]1CCCN1C(=O)Cn1c(=O)n(-c2ccc(-c3cncc4c3cnn4C)cc2)c2ccccc21. The van der Waals surface area contributed by atoms with E-state index in [-0.39, 0.29) is 24.2 Å². The van der Waals surface area contributed by atoms with Crippen molar-refractivity contribution in [3.8, 4) is 16.8 Å². The molecule has 4 heterocycles. The van der Waals surface area contributed by atoms with Gasteiger partial charge in [0.05, 0.1) is 34.6 Å². The monoisotopic (exact) mass is 466 g/mol. The maximum atomic E-state index is 13.6. The Morgan fingerprint density at radius 2 is 1.77 bits per heavy atom. The summed E-state index contributed by atoms with van der Waals surface area (Å²) in [6.07, 6.45) is 7.51. The Morgan fingerprint density at radius 1 is 1.00 bits per heavy atom. The molecule has 0 unspecified atom stereocenters. The van der Waals surface area contributed by atoms with Crippen molar-refractivity contribution < 1.29 is 4.79 Å². The number of imidazole rings is 1. The second-order valence-corrected chi connectivity index (χ2v) is 9.21. The Bertz CT molecular complexity index is 1630. The third-order valence-electron chi connectivity index (χ3n) is 7.11. The number of para-hydroxylation sites is 2. The molecule has 0 aliphatic carbocycles. The smallest absolute Gasteiger partial charge is 0.334 e. The number of hydrogen-bond donors (Lipinski definition) is 0. The van der Waals surface area contributed by atoms with E-state index < -0.39 is 0 Å². The van der Waals surface area contributed by atoms with E-state index in [9.17, 15) is 9.59 Å². The molecule has 35 heavy (non-hydrogen) atoms. The van der Waals surface area contributed by atoms with Crippen molar-refractivity contribution in [2.24, 2.45) is 7.05 Å². The lowest BCUT2D eigenvalue weighted by Crippen LogP contribution is -2.38. The summed E-state index contributed by atoms with van der Waals surface area (Å²) in [6, 6.07) is 15.7. The Balaban J connectivity index is 1.40. The molecule has 3 aromatic heterocycles. The molecule has 2 aromatic carbocycles. The van der Waals surface area contributed by atoms with Gasteiger partial charge in [-0.2, -0.15) is 5.10 Å². The number of aryl methyl sites for hydroxylation is 1. The molecular weight excluding hydrogens is 440 g/mol. The fourth-order valence-electron chi connectivity index (χ4n) is 5.22. The van der Waals surface area contributed by atoms with Crippen LogP contribution in [0.2, 0.25) is 0 Å². The first-order valence-electron chi connectivity index (χ1n) is 11.9. The molecule has 6 rings (SSSR count). The van der Waals surface area contributed by atoms with Gasteiger partial charge in [-0.1, -0.05) is 24.3 Å². The molecule has 176 valence electrons. The summed E-state index contributed by atoms with van der Waals surface area (Å²) >= 11 is 0. The van der Waals surface area contributed by atoms with Crippen LogP contribution in [0.15, 0.2) is 71.9 Å². The number of fused-ring (bicyclic) bond motifs is 2. The average molecular weight is 467 g/mol. The van der Waals surface area contributed by atoms with E-state index in [1.165, 1.54) is 0 Å². The zero-order valence-corrected chi connectivity index (χ0v) is 19.8. The molecule has 5 aromatic rings. The molecule has 1 fully saturated rings. The van der Waals surface area contributed by atoms with Crippen LogP contribution in [0.5, 0.6) is 0 Å². The van der Waals surface area contributed by atoms with Gasteiger partial charge in [-0.05, 0) is 49.6 Å². The van der Waals surface area contributed by atoms with Crippen molar-refractivity contribution in [3.05, 3.63) is 77.6 Å². The van der Waals surface area contributed by atoms with E-state index in [0.29, 0.717) is 0 Å². The van der Waals surface area contributed by atoms with Gasteiger partial charge in [-0.25, -0.2) is 4.79 Å². The van der Waals surface area contributed by atoms with Gasteiger partial charge in [0, 0.05) is 36.8 Å². The summed E-state index contributed by atoms with van der Waals surface area (Å²) in [7, 11) is 1.90. The van der Waals surface area contributed by atoms with Gasteiger partial charge in [0.15, 0.2) is 0 Å². The fraction of sp³-hybridized carbons (Fsp3) is 0.259. The molecule has 0 radical (unpaired) electrons. The van der Waals surface area contributed by atoms with E-state index >= 15 is 0 Å². The van der Waals surface area contributed by atoms with Gasteiger partial charge in [-0.15, -0.1) is 0 Å². The van der Waals surface area contributed by atoms with Crippen LogP contribution in [0.4, 0.5) is 0 Å². The molecule has 0 saturated carbocycles. The standard InChI is InChI=1S/C27H26N6O2/c1-18-6-5-13-31(18)26(34)17-32-23-7-3-4-8-24(23)33(27(32)35)20-11-9-19(10-12-20)21-14-28-16-25-22(21)15-29-30(25)2/h3-4,7-12,14-16,18H,5-6,13,17H2,1-2H3/t18-/m1/s1. The molecule has 0 spiro atoms. The second-order valence-electron chi connectivity index (χ2n) is 9.21. The third-order valence-corrected chi connectivity index (χ3v) is 7.11. The van der Waals surface area contributed by atoms with Crippen molar-refractivity contribution in [1.82, 2.24) is 28.8 Å². The Labute approximate surface area is 202 Å². The van der Waals surface area contributed by atoms with Gasteiger partial charge >= 0.3 is 5.69 Å². The van der Waals surface area contributed by atoms with Crippen LogP contribution < -0.4 is 5.69 Å². The number of amides is 1. The predicted octanol–water partition coefficient (Wildman–Crippen LogP) is 3.75. The lowest BCUT2D eigenvalue weighted by molar-refractivity contribution is -0.132. The van der Waals surface area contributed by atoms with Crippen molar-refractivity contribution in [1.29, 1.82) is 0 Å². The number of pyridine rings is 1. The highest BCUT2D eigenvalue weighted by molar-refractivity contribution is 5.93. The maximum Gasteiger partial charge on any atom is 0.334 e. The van der Waals surface area contributed by atoms with Gasteiger partial charge in [0.1, 0.15) is 6.54 Å². The normalized spacial score (nSPS) is 15.9. The van der Waals surface area contributed by atoms with Crippen LogP contribution in [0.25, 0.3) is 38.8 Å². The van der Waals surface area contributed by atoms with Gasteiger partial charge < -0.3 is 4.90 Å². The van der Waals surface area contributed by atoms with Crippen molar-refractivity contribution in [2.45, 2.75) is 32.4 Å². The maximum absolute atomic E-state index is 13.6. The summed E-state index contributed by atoms with van der Waals surface area (Å²) in [4.78, 5) is 32.9. The topological polar surface area (TPSA) is 78.0 Å². The van der Waals surface area contributed by atoms with Gasteiger partial charge in [0.2, 0.25) is 5.91 Å². The summed E-state index contributed by atoms with van der Waals surface area (Å²) in [5, 5.41) is 5.38. The predicted molar refractivity (Wildman–Crippen MR) is 135 cm³/mol. The van der Waals surface area contributed by atoms with Crippen LogP contribution >= 0.6 is 0 Å². The highest BCUT2D eigenvalue weighted by Crippen LogP contribution is 2.28. The first-order chi connectivity index (χ1) is 17.0. The molecule has 1 aliphatic heterocycles. The number of aromatic nitrogens is 5. The number of carbonyl (C=O) groups is 1. The molecule has 1 atom stereocenters. The average Bonchev–Trinajstić information content (AvgIpc) is 3.55. The fourth-order valence-corrected chi connectivity index (χ4v) is 5.22. The van der Waals surface area contributed by atoms with Crippen molar-refractivity contribution in [2.75, 3.05) is 6.54 Å². The van der Waals surface area contributed by atoms with E-state index in [2.05, 4.69) is 17.0 Å². The number of carbonyl (C=O) groups excluding carboxylic acids is 1.